The van der Waals surface area contributed by atoms with Crippen molar-refractivity contribution in [2.24, 2.45) is 0 Å². The number of amides is 1. The number of imidazole rings is 1. The Hall–Kier alpha value is -2.83. The van der Waals surface area contributed by atoms with Crippen LogP contribution >= 0.6 is 0 Å². The number of aryl methyl sites for hydroxylation is 1. The van der Waals surface area contributed by atoms with E-state index in [-0.39, 0.29) is 5.95 Å². The van der Waals surface area contributed by atoms with Crippen LogP contribution in [0, 0.1) is 0 Å². The molecule has 1 amide bonds. The van der Waals surface area contributed by atoms with Crippen molar-refractivity contribution in [3.63, 3.8) is 0 Å². The number of nitrogens with one attached hydrogen (secondary N) is 1. The largest absolute Gasteiger partial charge is 0.417 e. The van der Waals surface area contributed by atoms with Crippen LogP contribution in [-0.2, 0) is 12.7 Å². The Balaban J connectivity index is 2.00. The van der Waals surface area contributed by atoms with E-state index >= 15 is 0 Å². The summed E-state index contributed by atoms with van der Waals surface area (Å²) in [5, 5.41) is 2.49. The minimum Gasteiger partial charge on any atom is -0.310 e. The standard InChI is InChI=1S/C17H14F3N3O/c1-2-23-14-10-6-5-9-13(14)21-16(23)22-15(24)11-7-3-4-8-12(11)17(18,19)20/h3-10H,2H2,1H3,(H,21,22,24). The van der Waals surface area contributed by atoms with Crippen molar-refractivity contribution in [2.75, 3.05) is 5.32 Å². The Morgan fingerprint density at radius 2 is 1.79 bits per heavy atom. The molecule has 0 saturated heterocycles. The SMILES string of the molecule is CCn1c(NC(=O)c2ccccc2C(F)(F)F)nc2ccccc21. The number of rotatable bonds is 3. The van der Waals surface area contributed by atoms with E-state index in [1.165, 1.54) is 12.1 Å². The van der Waals surface area contributed by atoms with Gasteiger partial charge in [-0.2, -0.15) is 13.2 Å². The van der Waals surface area contributed by atoms with Crippen molar-refractivity contribution in [2.45, 2.75) is 19.6 Å². The van der Waals surface area contributed by atoms with Gasteiger partial charge in [0.15, 0.2) is 0 Å². The molecule has 1 N–H and O–H groups in total. The molecule has 0 aliphatic rings. The Morgan fingerprint density at radius 3 is 2.50 bits per heavy atom. The zero-order valence-electron chi connectivity index (χ0n) is 12.8. The molecule has 3 aromatic rings. The molecule has 7 heteroatoms. The third-order valence-corrected chi connectivity index (χ3v) is 3.67. The lowest BCUT2D eigenvalue weighted by molar-refractivity contribution is -0.137. The van der Waals surface area contributed by atoms with E-state index in [0.717, 1.165) is 17.6 Å². The first-order valence-corrected chi connectivity index (χ1v) is 7.34. The van der Waals surface area contributed by atoms with Crippen molar-refractivity contribution >= 4 is 22.9 Å². The number of hydrogen-bond acceptors (Lipinski definition) is 2. The second-order valence-electron chi connectivity index (χ2n) is 5.17. The fraction of sp³-hybridized carbons (Fsp3) is 0.176. The van der Waals surface area contributed by atoms with Crippen LogP contribution in [0.15, 0.2) is 48.5 Å². The lowest BCUT2D eigenvalue weighted by atomic mass is 10.1. The summed E-state index contributed by atoms with van der Waals surface area (Å²) in [4.78, 5) is 16.7. The molecule has 0 aliphatic carbocycles. The van der Waals surface area contributed by atoms with Crippen LogP contribution in [0.5, 0.6) is 0 Å². The summed E-state index contributed by atoms with van der Waals surface area (Å²) in [6, 6.07) is 11.9. The zero-order chi connectivity index (χ0) is 17.3. The number of fused-ring (bicyclic) bond motifs is 1. The van der Waals surface area contributed by atoms with Gasteiger partial charge in [0.25, 0.3) is 5.91 Å². The van der Waals surface area contributed by atoms with Crippen LogP contribution in [0.1, 0.15) is 22.8 Å². The van der Waals surface area contributed by atoms with E-state index in [2.05, 4.69) is 10.3 Å². The quantitative estimate of drug-likeness (QED) is 0.775. The number of hydrogen-bond donors (Lipinski definition) is 1. The van der Waals surface area contributed by atoms with Crippen molar-refractivity contribution in [1.82, 2.24) is 9.55 Å². The van der Waals surface area contributed by atoms with Crippen LogP contribution in [0.4, 0.5) is 19.1 Å². The van der Waals surface area contributed by atoms with Crippen LogP contribution in [-0.4, -0.2) is 15.5 Å². The highest BCUT2D eigenvalue weighted by Gasteiger charge is 2.35. The van der Waals surface area contributed by atoms with Gasteiger partial charge < -0.3 is 4.57 Å². The molecule has 24 heavy (non-hydrogen) atoms. The maximum Gasteiger partial charge on any atom is 0.417 e. The number of anilines is 1. The summed E-state index contributed by atoms with van der Waals surface area (Å²) in [5.74, 6) is -0.617. The first-order chi connectivity index (χ1) is 11.4. The maximum atomic E-state index is 13.1. The van der Waals surface area contributed by atoms with Gasteiger partial charge in [0.2, 0.25) is 5.95 Å². The second-order valence-corrected chi connectivity index (χ2v) is 5.17. The molecular weight excluding hydrogens is 319 g/mol. The predicted molar refractivity (Wildman–Crippen MR) is 84.8 cm³/mol. The maximum absolute atomic E-state index is 13.1. The first kappa shape index (κ1) is 16.0. The molecule has 0 aliphatic heterocycles. The molecule has 0 unspecified atom stereocenters. The number of para-hydroxylation sites is 2. The molecule has 0 radical (unpaired) electrons. The molecule has 124 valence electrons. The monoisotopic (exact) mass is 333 g/mol. The third kappa shape index (κ3) is 2.84. The molecule has 0 spiro atoms. The Kier molecular flexibility index (Phi) is 4.01. The summed E-state index contributed by atoms with van der Waals surface area (Å²) in [6.45, 7) is 2.39. The Morgan fingerprint density at radius 1 is 1.12 bits per heavy atom. The van der Waals surface area contributed by atoms with Crippen molar-refractivity contribution in [3.05, 3.63) is 59.7 Å². The molecule has 4 nitrogen and oxygen atoms in total. The zero-order valence-corrected chi connectivity index (χ0v) is 12.8. The summed E-state index contributed by atoms with van der Waals surface area (Å²) < 4.78 is 40.9. The van der Waals surface area contributed by atoms with E-state index in [9.17, 15) is 18.0 Å². The minimum absolute atomic E-state index is 0.223. The van der Waals surface area contributed by atoms with Gasteiger partial charge >= 0.3 is 6.18 Å². The van der Waals surface area contributed by atoms with Gasteiger partial charge in [0.05, 0.1) is 22.2 Å². The molecular formula is C17H14F3N3O. The lowest BCUT2D eigenvalue weighted by Crippen LogP contribution is -2.20. The molecule has 2 aromatic carbocycles. The van der Waals surface area contributed by atoms with Gasteiger partial charge in [-0.25, -0.2) is 4.98 Å². The normalized spacial score (nSPS) is 11.7. The van der Waals surface area contributed by atoms with Crippen molar-refractivity contribution in [1.29, 1.82) is 0 Å². The topological polar surface area (TPSA) is 46.9 Å². The minimum atomic E-state index is -4.60. The first-order valence-electron chi connectivity index (χ1n) is 7.34. The smallest absolute Gasteiger partial charge is 0.310 e. The fourth-order valence-corrected chi connectivity index (χ4v) is 2.59. The van der Waals surface area contributed by atoms with Crippen LogP contribution in [0.3, 0.4) is 0 Å². The third-order valence-electron chi connectivity index (χ3n) is 3.67. The number of carbonyl (C=O) groups is 1. The molecule has 3 rings (SSSR count). The number of aromatic nitrogens is 2. The molecule has 1 aromatic heterocycles. The highest BCUT2D eigenvalue weighted by molar-refractivity contribution is 6.05. The van der Waals surface area contributed by atoms with Crippen LogP contribution in [0.2, 0.25) is 0 Å². The van der Waals surface area contributed by atoms with E-state index < -0.39 is 23.2 Å². The van der Waals surface area contributed by atoms with Gasteiger partial charge in [0, 0.05) is 6.54 Å². The summed E-state index contributed by atoms with van der Waals surface area (Å²) in [6.07, 6.45) is -4.60. The van der Waals surface area contributed by atoms with Gasteiger partial charge in [-0.1, -0.05) is 24.3 Å². The van der Waals surface area contributed by atoms with E-state index in [4.69, 9.17) is 0 Å². The van der Waals surface area contributed by atoms with Crippen molar-refractivity contribution < 1.29 is 18.0 Å². The van der Waals surface area contributed by atoms with Crippen LogP contribution in [0.25, 0.3) is 11.0 Å². The number of carbonyl (C=O) groups excluding carboxylic acids is 1. The number of halogens is 3. The van der Waals surface area contributed by atoms with Crippen molar-refractivity contribution in [3.8, 4) is 0 Å². The molecule has 0 fully saturated rings. The van der Waals surface area contributed by atoms with Gasteiger partial charge in [0.1, 0.15) is 0 Å². The predicted octanol–water partition coefficient (Wildman–Crippen LogP) is 4.33. The van der Waals surface area contributed by atoms with E-state index in [1.54, 1.807) is 16.7 Å². The fourth-order valence-electron chi connectivity index (χ4n) is 2.59. The van der Waals surface area contributed by atoms with Gasteiger partial charge in [-0.3, -0.25) is 10.1 Å². The molecule has 1 heterocycles. The summed E-state index contributed by atoms with van der Waals surface area (Å²) >= 11 is 0. The lowest BCUT2D eigenvalue weighted by Gasteiger charge is -2.13. The summed E-state index contributed by atoms with van der Waals surface area (Å²) in [5.41, 5.74) is 0.0690. The van der Waals surface area contributed by atoms with E-state index in [1.807, 2.05) is 19.1 Å². The highest BCUT2D eigenvalue weighted by Crippen LogP contribution is 2.32. The van der Waals surface area contributed by atoms with Gasteiger partial charge in [-0.05, 0) is 31.2 Å². The molecule has 0 bridgehead atoms. The number of benzene rings is 2. The Bertz CT molecular complexity index is 899. The Labute approximate surface area is 135 Å². The molecule has 0 saturated carbocycles. The number of nitrogens with zero attached hydrogens (tertiary/aromatic N) is 2. The average molecular weight is 333 g/mol. The second kappa shape index (κ2) is 5.99. The van der Waals surface area contributed by atoms with Crippen LogP contribution < -0.4 is 5.32 Å². The van der Waals surface area contributed by atoms with E-state index in [0.29, 0.717) is 12.1 Å². The summed E-state index contributed by atoms with van der Waals surface area (Å²) in [7, 11) is 0. The average Bonchev–Trinajstić information content (AvgIpc) is 2.91. The highest BCUT2D eigenvalue weighted by atomic mass is 19.4. The number of alkyl halides is 3. The molecule has 0 atom stereocenters. The van der Waals surface area contributed by atoms with Gasteiger partial charge in [-0.15, -0.1) is 0 Å².